The molecule has 0 fully saturated rings. The van der Waals surface area contributed by atoms with Crippen LogP contribution in [0.15, 0.2) is 81.1 Å². The van der Waals surface area contributed by atoms with E-state index < -0.39 is 5.97 Å². The molecule has 1 aromatic heterocycles. The first-order valence-corrected chi connectivity index (χ1v) is 11.6. The Morgan fingerprint density at radius 1 is 1.11 bits per heavy atom. The number of esters is 1. The van der Waals surface area contributed by atoms with Gasteiger partial charge < -0.3 is 14.2 Å². The number of hydrogen-bond acceptors (Lipinski definition) is 7. The Bertz CT molecular complexity index is 1450. The number of fused-ring (bicyclic) bond motifs is 1. The van der Waals surface area contributed by atoms with Gasteiger partial charge in [0, 0.05) is 5.56 Å². The first kappa shape index (κ1) is 24.2. The smallest absolute Gasteiger partial charge is 0.344 e. The van der Waals surface area contributed by atoms with Crippen molar-refractivity contribution in [3.63, 3.8) is 0 Å². The van der Waals surface area contributed by atoms with Crippen LogP contribution in [-0.4, -0.2) is 42.2 Å². The molecular formula is C26H22BrN3O5. The van der Waals surface area contributed by atoms with Crippen LogP contribution < -0.4 is 15.0 Å². The van der Waals surface area contributed by atoms with Gasteiger partial charge >= 0.3 is 5.97 Å². The van der Waals surface area contributed by atoms with Crippen molar-refractivity contribution in [3.8, 4) is 22.9 Å². The third kappa shape index (κ3) is 5.41. The Kier molecular flexibility index (Phi) is 7.57. The van der Waals surface area contributed by atoms with E-state index in [9.17, 15) is 9.59 Å². The zero-order valence-electron chi connectivity index (χ0n) is 19.1. The zero-order chi connectivity index (χ0) is 24.8. The van der Waals surface area contributed by atoms with Gasteiger partial charge in [0.05, 0.1) is 35.3 Å². The van der Waals surface area contributed by atoms with Crippen molar-refractivity contribution in [3.05, 3.63) is 87.1 Å². The Morgan fingerprint density at radius 2 is 1.86 bits per heavy atom. The largest absolute Gasteiger partial charge is 0.493 e. The van der Waals surface area contributed by atoms with Crippen molar-refractivity contribution in [1.29, 1.82) is 0 Å². The maximum Gasteiger partial charge on any atom is 0.344 e. The lowest BCUT2D eigenvalue weighted by Gasteiger charge is -2.13. The average molecular weight is 536 g/mol. The Hall–Kier alpha value is -3.98. The minimum absolute atomic E-state index is 0.255. The molecule has 35 heavy (non-hydrogen) atoms. The summed E-state index contributed by atoms with van der Waals surface area (Å²) in [4.78, 5) is 29.7. The molecule has 3 aromatic carbocycles. The van der Waals surface area contributed by atoms with E-state index in [-0.39, 0.29) is 18.8 Å². The first-order chi connectivity index (χ1) is 17.0. The van der Waals surface area contributed by atoms with Crippen molar-refractivity contribution in [2.45, 2.75) is 6.92 Å². The van der Waals surface area contributed by atoms with E-state index in [1.807, 2.05) is 36.4 Å². The molecule has 1 heterocycles. The van der Waals surface area contributed by atoms with Gasteiger partial charge in [-0.15, -0.1) is 0 Å². The zero-order valence-corrected chi connectivity index (χ0v) is 20.7. The van der Waals surface area contributed by atoms with Crippen molar-refractivity contribution in [2.24, 2.45) is 5.10 Å². The third-order valence-electron chi connectivity index (χ3n) is 5.00. The van der Waals surface area contributed by atoms with E-state index in [1.165, 1.54) is 18.0 Å². The van der Waals surface area contributed by atoms with Gasteiger partial charge in [0.25, 0.3) is 5.56 Å². The fourth-order valence-electron chi connectivity index (χ4n) is 3.42. The molecule has 178 valence electrons. The molecule has 0 saturated heterocycles. The highest BCUT2D eigenvalue weighted by Gasteiger charge is 2.15. The van der Waals surface area contributed by atoms with Crippen molar-refractivity contribution >= 4 is 39.0 Å². The van der Waals surface area contributed by atoms with Crippen LogP contribution in [0.5, 0.6) is 11.5 Å². The van der Waals surface area contributed by atoms with Crippen LogP contribution in [0, 0.1) is 0 Å². The van der Waals surface area contributed by atoms with Gasteiger partial charge in [-0.05, 0) is 52.7 Å². The van der Waals surface area contributed by atoms with Crippen LogP contribution in [0.1, 0.15) is 12.5 Å². The maximum absolute atomic E-state index is 13.3. The van der Waals surface area contributed by atoms with E-state index in [2.05, 4.69) is 21.0 Å². The van der Waals surface area contributed by atoms with E-state index in [0.29, 0.717) is 38.3 Å². The lowest BCUT2D eigenvalue weighted by molar-refractivity contribution is -0.145. The van der Waals surface area contributed by atoms with Crippen LogP contribution in [0.3, 0.4) is 0 Å². The monoisotopic (exact) mass is 535 g/mol. The van der Waals surface area contributed by atoms with E-state index in [4.69, 9.17) is 19.2 Å². The molecule has 9 heteroatoms. The highest BCUT2D eigenvalue weighted by atomic mass is 79.9. The van der Waals surface area contributed by atoms with Gasteiger partial charge in [-0.1, -0.05) is 42.5 Å². The lowest BCUT2D eigenvalue weighted by Crippen LogP contribution is -2.20. The van der Waals surface area contributed by atoms with E-state index >= 15 is 0 Å². The minimum atomic E-state index is -0.483. The second kappa shape index (κ2) is 11.0. The minimum Gasteiger partial charge on any atom is -0.493 e. The molecule has 0 saturated carbocycles. The normalized spacial score (nSPS) is 11.1. The standard InChI is InChI=1S/C26H22BrN3O5/c1-3-34-23(31)16-35-24-20(27)13-17(14-22(24)33-2)15-28-30-25(18-9-5-4-6-10-18)29-21-12-8-7-11-19(21)26(30)32/h4-15H,3,16H2,1-2H3. The summed E-state index contributed by atoms with van der Waals surface area (Å²) >= 11 is 3.45. The van der Waals surface area contributed by atoms with E-state index in [0.717, 1.165) is 5.56 Å². The molecule has 0 N–H and O–H groups in total. The summed E-state index contributed by atoms with van der Waals surface area (Å²) < 4.78 is 17.7. The number of benzene rings is 3. The van der Waals surface area contributed by atoms with Crippen molar-refractivity contribution in [1.82, 2.24) is 9.66 Å². The Balaban J connectivity index is 1.74. The lowest BCUT2D eigenvalue weighted by atomic mass is 10.2. The number of halogens is 1. The number of ether oxygens (including phenoxy) is 3. The van der Waals surface area contributed by atoms with Gasteiger partial charge in [-0.2, -0.15) is 9.78 Å². The molecule has 0 spiro atoms. The number of methoxy groups -OCH3 is 1. The highest BCUT2D eigenvalue weighted by Crippen LogP contribution is 2.36. The van der Waals surface area contributed by atoms with Gasteiger partial charge in [0.2, 0.25) is 0 Å². The summed E-state index contributed by atoms with van der Waals surface area (Å²) in [6.45, 7) is 1.74. The highest BCUT2D eigenvalue weighted by molar-refractivity contribution is 9.10. The first-order valence-electron chi connectivity index (χ1n) is 10.8. The molecule has 0 atom stereocenters. The molecule has 0 aliphatic rings. The molecule has 0 radical (unpaired) electrons. The van der Waals surface area contributed by atoms with Gasteiger partial charge in [0.1, 0.15) is 0 Å². The van der Waals surface area contributed by atoms with Crippen LogP contribution >= 0.6 is 15.9 Å². The summed E-state index contributed by atoms with van der Waals surface area (Å²) in [6, 6.07) is 20.0. The van der Waals surface area contributed by atoms with Crippen LogP contribution in [0.25, 0.3) is 22.3 Å². The van der Waals surface area contributed by atoms with Gasteiger partial charge in [0.15, 0.2) is 23.9 Å². The van der Waals surface area contributed by atoms with Crippen molar-refractivity contribution < 1.29 is 19.0 Å². The predicted octanol–water partition coefficient (Wildman–Crippen LogP) is 4.66. The quantitative estimate of drug-likeness (QED) is 0.240. The molecule has 0 aliphatic heterocycles. The molecule has 0 unspecified atom stereocenters. The Labute approximate surface area is 209 Å². The average Bonchev–Trinajstić information content (AvgIpc) is 2.87. The van der Waals surface area contributed by atoms with Crippen LogP contribution in [0.2, 0.25) is 0 Å². The summed E-state index contributed by atoms with van der Waals surface area (Å²) in [7, 11) is 1.49. The molecule has 0 amide bonds. The summed E-state index contributed by atoms with van der Waals surface area (Å²) in [6.07, 6.45) is 1.53. The van der Waals surface area contributed by atoms with Gasteiger partial charge in [-0.25, -0.2) is 9.78 Å². The second-order valence-corrected chi connectivity index (χ2v) is 8.16. The number of carbonyl (C=O) groups is 1. The number of aromatic nitrogens is 2. The molecular weight excluding hydrogens is 514 g/mol. The molecule has 8 nitrogen and oxygen atoms in total. The number of hydrogen-bond donors (Lipinski definition) is 0. The summed E-state index contributed by atoms with van der Waals surface area (Å²) in [5.74, 6) is 0.680. The van der Waals surface area contributed by atoms with Crippen LogP contribution in [0.4, 0.5) is 0 Å². The predicted molar refractivity (Wildman–Crippen MR) is 137 cm³/mol. The summed E-state index contributed by atoms with van der Waals surface area (Å²) in [5, 5.41) is 4.94. The fourth-order valence-corrected chi connectivity index (χ4v) is 3.99. The molecule has 0 bridgehead atoms. The maximum atomic E-state index is 13.3. The number of rotatable bonds is 8. The van der Waals surface area contributed by atoms with Crippen LogP contribution in [-0.2, 0) is 9.53 Å². The molecule has 4 rings (SSSR count). The summed E-state index contributed by atoms with van der Waals surface area (Å²) in [5.41, 5.74) is 1.70. The number of carbonyl (C=O) groups excluding carboxylic acids is 1. The third-order valence-corrected chi connectivity index (χ3v) is 5.59. The SMILES string of the molecule is CCOC(=O)COc1c(Br)cc(C=Nn2c(-c3ccccc3)nc3ccccc3c2=O)cc1OC. The number of nitrogens with zero attached hydrogens (tertiary/aromatic N) is 3. The second-order valence-electron chi connectivity index (χ2n) is 7.31. The molecule has 4 aromatic rings. The topological polar surface area (TPSA) is 92.0 Å². The fraction of sp³-hybridized carbons (Fsp3) is 0.154. The van der Waals surface area contributed by atoms with Gasteiger partial charge in [-0.3, -0.25) is 4.79 Å². The Morgan fingerprint density at radius 3 is 2.60 bits per heavy atom. The van der Waals surface area contributed by atoms with Crippen molar-refractivity contribution in [2.75, 3.05) is 20.3 Å². The molecule has 0 aliphatic carbocycles. The van der Waals surface area contributed by atoms with E-state index in [1.54, 1.807) is 37.3 Å². The number of para-hydroxylation sites is 1.